The highest BCUT2D eigenvalue weighted by molar-refractivity contribution is 5.87. The maximum Gasteiger partial charge on any atom is 0.230 e. The molecule has 5 rings (SSSR count). The largest absolute Gasteiger partial charge is 0.342 e. The molecule has 2 aromatic rings. The zero-order valence-corrected chi connectivity index (χ0v) is 17.9. The highest BCUT2D eigenvalue weighted by Gasteiger charge is 2.58. The monoisotopic (exact) mass is 410 g/mol. The van der Waals surface area contributed by atoms with Crippen molar-refractivity contribution in [2.24, 2.45) is 11.3 Å². The molecule has 6 heteroatoms. The van der Waals surface area contributed by atoms with E-state index in [1.165, 1.54) is 18.9 Å². The first-order valence-electron chi connectivity index (χ1n) is 11.2. The summed E-state index contributed by atoms with van der Waals surface area (Å²) in [5.41, 5.74) is 1.57. The van der Waals surface area contributed by atoms with Crippen LogP contribution in [0.1, 0.15) is 56.3 Å². The summed E-state index contributed by atoms with van der Waals surface area (Å²) in [6.45, 7) is 8.23. The van der Waals surface area contributed by atoms with Gasteiger partial charge >= 0.3 is 0 Å². The van der Waals surface area contributed by atoms with E-state index in [9.17, 15) is 9.18 Å². The lowest BCUT2D eigenvalue weighted by Gasteiger charge is -2.28. The number of carbonyl (C=O) groups is 1. The third-order valence-corrected chi connectivity index (χ3v) is 7.20. The molecule has 1 aliphatic carbocycles. The fourth-order valence-electron chi connectivity index (χ4n) is 5.33. The molecular formula is C24H31FN4O. The van der Waals surface area contributed by atoms with Crippen molar-refractivity contribution >= 4 is 5.91 Å². The van der Waals surface area contributed by atoms with Crippen LogP contribution in [0.25, 0.3) is 0 Å². The minimum atomic E-state index is -0.404. The average molecular weight is 411 g/mol. The normalized spacial score (nSPS) is 27.1. The molecule has 2 aliphatic heterocycles. The zero-order valence-electron chi connectivity index (χ0n) is 17.9. The summed E-state index contributed by atoms with van der Waals surface area (Å²) >= 11 is 0. The van der Waals surface area contributed by atoms with Gasteiger partial charge in [-0.3, -0.25) is 9.69 Å². The van der Waals surface area contributed by atoms with Gasteiger partial charge in [0.25, 0.3) is 0 Å². The Morgan fingerprint density at radius 2 is 2.13 bits per heavy atom. The first-order chi connectivity index (χ1) is 14.4. The maximum absolute atomic E-state index is 13.7. The molecule has 5 nitrogen and oxygen atoms in total. The molecule has 0 unspecified atom stereocenters. The fraction of sp³-hybridized carbons (Fsp3) is 0.583. The molecular weight excluding hydrogens is 379 g/mol. The highest BCUT2D eigenvalue weighted by atomic mass is 19.1. The number of nitrogens with zero attached hydrogens (tertiary/aromatic N) is 4. The van der Waals surface area contributed by atoms with Gasteiger partial charge in [0, 0.05) is 50.9 Å². The number of hydrogen-bond acceptors (Lipinski definition) is 3. The molecule has 2 atom stereocenters. The second-order valence-electron chi connectivity index (χ2n) is 9.79. The summed E-state index contributed by atoms with van der Waals surface area (Å²) in [4.78, 5) is 22.8. The Morgan fingerprint density at radius 1 is 1.30 bits per heavy atom. The third-order valence-electron chi connectivity index (χ3n) is 7.20. The van der Waals surface area contributed by atoms with Gasteiger partial charge in [0.2, 0.25) is 5.91 Å². The minimum Gasteiger partial charge on any atom is -0.342 e. The molecule has 1 aromatic heterocycles. The number of halogens is 1. The molecule has 1 saturated carbocycles. The lowest BCUT2D eigenvalue weighted by Crippen LogP contribution is -2.40. The summed E-state index contributed by atoms with van der Waals surface area (Å²) in [6.07, 6.45) is 7.41. The van der Waals surface area contributed by atoms with E-state index in [4.69, 9.17) is 4.98 Å². The van der Waals surface area contributed by atoms with Gasteiger partial charge in [-0.25, -0.2) is 9.37 Å². The Labute approximate surface area is 177 Å². The topological polar surface area (TPSA) is 41.4 Å². The van der Waals surface area contributed by atoms with E-state index < -0.39 is 5.41 Å². The van der Waals surface area contributed by atoms with Crippen LogP contribution in [0.3, 0.4) is 0 Å². The lowest BCUT2D eigenvalue weighted by atomic mass is 9.75. The standard InChI is InChI=1S/C24H31FN4O/c1-17(2)29-14-22(26-16-29)21-13-27(11-19-4-3-5-20(25)10-19)15-24(21)8-9-28(23(24)30)12-18-6-7-18/h3-5,10,14,16-18,21H,6-9,11-13,15H2,1-2H3/t21-,24+/m0/s1. The second kappa shape index (κ2) is 7.49. The zero-order chi connectivity index (χ0) is 20.9. The van der Waals surface area contributed by atoms with Gasteiger partial charge in [0.1, 0.15) is 5.82 Å². The van der Waals surface area contributed by atoms with Gasteiger partial charge in [-0.1, -0.05) is 12.1 Å². The van der Waals surface area contributed by atoms with Crippen molar-refractivity contribution in [3.8, 4) is 0 Å². The second-order valence-corrected chi connectivity index (χ2v) is 9.79. The van der Waals surface area contributed by atoms with E-state index in [1.54, 1.807) is 12.1 Å². The van der Waals surface area contributed by atoms with Gasteiger partial charge in [-0.15, -0.1) is 0 Å². The predicted molar refractivity (Wildman–Crippen MR) is 113 cm³/mol. The number of hydrogen-bond donors (Lipinski definition) is 0. The minimum absolute atomic E-state index is 0.0859. The maximum atomic E-state index is 13.7. The number of aromatic nitrogens is 2. The Morgan fingerprint density at radius 3 is 2.83 bits per heavy atom. The van der Waals surface area contributed by atoms with E-state index in [-0.39, 0.29) is 11.7 Å². The van der Waals surface area contributed by atoms with Crippen molar-refractivity contribution < 1.29 is 9.18 Å². The number of benzene rings is 1. The number of carbonyl (C=O) groups excluding carboxylic acids is 1. The number of amides is 1. The predicted octanol–water partition coefficient (Wildman–Crippen LogP) is 3.83. The van der Waals surface area contributed by atoms with Crippen LogP contribution in [-0.2, 0) is 11.3 Å². The Kier molecular flexibility index (Phi) is 4.92. The van der Waals surface area contributed by atoms with Gasteiger partial charge in [-0.05, 0) is 56.7 Å². The smallest absolute Gasteiger partial charge is 0.230 e. The van der Waals surface area contributed by atoms with Gasteiger partial charge < -0.3 is 9.47 Å². The van der Waals surface area contributed by atoms with E-state index in [0.29, 0.717) is 24.4 Å². The molecule has 3 fully saturated rings. The van der Waals surface area contributed by atoms with Crippen LogP contribution >= 0.6 is 0 Å². The summed E-state index contributed by atoms with van der Waals surface area (Å²) in [5.74, 6) is 0.886. The highest BCUT2D eigenvalue weighted by Crippen LogP contribution is 2.50. The van der Waals surface area contributed by atoms with E-state index >= 15 is 0 Å². The quantitative estimate of drug-likeness (QED) is 0.727. The fourth-order valence-corrected chi connectivity index (χ4v) is 5.33. The first-order valence-corrected chi connectivity index (χ1v) is 11.2. The van der Waals surface area contributed by atoms with Crippen LogP contribution in [0.2, 0.25) is 0 Å². The Balaban J connectivity index is 1.43. The lowest BCUT2D eigenvalue weighted by molar-refractivity contribution is -0.136. The SMILES string of the molecule is CC(C)n1cnc([C@@H]2CN(Cc3cccc(F)c3)C[C@]23CCN(CC2CC2)C3=O)c1. The molecule has 3 aliphatic rings. The molecule has 160 valence electrons. The van der Waals surface area contributed by atoms with Crippen molar-refractivity contribution in [2.75, 3.05) is 26.2 Å². The molecule has 0 radical (unpaired) electrons. The average Bonchev–Trinajstić information content (AvgIpc) is 3.13. The van der Waals surface area contributed by atoms with Crippen molar-refractivity contribution in [3.63, 3.8) is 0 Å². The molecule has 0 bridgehead atoms. The van der Waals surface area contributed by atoms with E-state index in [2.05, 4.69) is 34.4 Å². The molecule has 1 aromatic carbocycles. The van der Waals surface area contributed by atoms with Gasteiger partial charge in [0.05, 0.1) is 17.4 Å². The number of imidazole rings is 1. The van der Waals surface area contributed by atoms with Crippen molar-refractivity contribution in [2.45, 2.75) is 51.6 Å². The van der Waals surface area contributed by atoms with Crippen LogP contribution < -0.4 is 0 Å². The summed E-state index contributed by atoms with van der Waals surface area (Å²) in [7, 11) is 0. The molecule has 1 spiro atoms. The molecule has 0 N–H and O–H groups in total. The van der Waals surface area contributed by atoms with Crippen molar-refractivity contribution in [3.05, 3.63) is 53.9 Å². The van der Waals surface area contributed by atoms with Crippen LogP contribution in [-0.4, -0.2) is 51.4 Å². The third kappa shape index (κ3) is 3.55. The van der Waals surface area contributed by atoms with E-state index in [1.807, 2.05) is 12.4 Å². The summed E-state index contributed by atoms with van der Waals surface area (Å²) < 4.78 is 15.8. The van der Waals surface area contributed by atoms with Crippen LogP contribution in [0.15, 0.2) is 36.8 Å². The van der Waals surface area contributed by atoms with Crippen LogP contribution in [0, 0.1) is 17.2 Å². The Bertz CT molecular complexity index is 937. The first kappa shape index (κ1) is 19.7. The molecule has 30 heavy (non-hydrogen) atoms. The van der Waals surface area contributed by atoms with Crippen molar-refractivity contribution in [1.82, 2.24) is 19.4 Å². The van der Waals surface area contributed by atoms with Crippen LogP contribution in [0.5, 0.6) is 0 Å². The van der Waals surface area contributed by atoms with Crippen LogP contribution in [0.4, 0.5) is 4.39 Å². The molecule has 1 amide bonds. The number of likely N-dealkylation sites (tertiary alicyclic amines) is 2. The van der Waals surface area contributed by atoms with E-state index in [0.717, 1.165) is 43.9 Å². The molecule has 3 heterocycles. The summed E-state index contributed by atoms with van der Waals surface area (Å²) in [6, 6.07) is 7.15. The Hall–Kier alpha value is -2.21. The molecule has 2 saturated heterocycles. The van der Waals surface area contributed by atoms with Gasteiger partial charge in [0.15, 0.2) is 0 Å². The summed E-state index contributed by atoms with van der Waals surface area (Å²) in [5, 5.41) is 0. The van der Waals surface area contributed by atoms with Gasteiger partial charge in [-0.2, -0.15) is 0 Å². The van der Waals surface area contributed by atoms with Crippen molar-refractivity contribution in [1.29, 1.82) is 0 Å². The number of rotatable bonds is 6.